The minimum atomic E-state index is -0.649. The summed E-state index contributed by atoms with van der Waals surface area (Å²) < 4.78 is 4.94. The zero-order valence-corrected chi connectivity index (χ0v) is 14.1. The van der Waals surface area contributed by atoms with E-state index in [1.807, 2.05) is 6.92 Å². The second-order valence-corrected chi connectivity index (χ2v) is 5.78. The topological polar surface area (TPSA) is 50.1 Å². The van der Waals surface area contributed by atoms with Gasteiger partial charge in [0, 0.05) is 0 Å². The number of carbonyl (C=O) groups excluding carboxylic acids is 1. The molecule has 0 rings (SSSR count). The van der Waals surface area contributed by atoms with Gasteiger partial charge in [-0.3, -0.25) is 4.79 Å². The molecule has 0 aliphatic heterocycles. The fraction of sp³-hybridized carbons (Fsp3) is 0.667. The minimum absolute atomic E-state index is 0.0240. The van der Waals surface area contributed by atoms with Gasteiger partial charge in [-0.05, 0) is 59.3 Å². The first-order chi connectivity index (χ1) is 9.92. The summed E-state index contributed by atoms with van der Waals surface area (Å²) in [5.41, 5.74) is 2.71. The second kappa shape index (κ2) is 11.1. The van der Waals surface area contributed by atoms with Crippen molar-refractivity contribution in [3.05, 3.63) is 23.3 Å². The molecule has 0 saturated heterocycles. The highest BCUT2D eigenvalue weighted by molar-refractivity contribution is 5.75. The van der Waals surface area contributed by atoms with E-state index >= 15 is 0 Å². The third kappa shape index (κ3) is 9.07. The van der Waals surface area contributed by atoms with Gasteiger partial charge < -0.3 is 4.74 Å². The lowest BCUT2D eigenvalue weighted by atomic mass is 9.90. The molecule has 0 radical (unpaired) electrons. The number of carbonyl (C=O) groups is 1. The normalized spacial score (nSPS) is 14.0. The Morgan fingerprint density at radius 3 is 2.43 bits per heavy atom. The molecule has 0 spiro atoms. The van der Waals surface area contributed by atoms with Crippen LogP contribution in [-0.4, -0.2) is 12.6 Å². The molecule has 21 heavy (non-hydrogen) atoms. The van der Waals surface area contributed by atoms with E-state index in [-0.39, 0.29) is 5.92 Å². The van der Waals surface area contributed by atoms with E-state index in [0.717, 1.165) is 25.7 Å². The summed E-state index contributed by atoms with van der Waals surface area (Å²) in [7, 11) is 0. The standard InChI is InChI=1S/C18H29NO2/c1-6-21-18(20)17(13-19)16(5)12-8-11-15(4)10-7-9-14(2)3/h9,11,16-17H,6-8,10,12H2,1-5H3. The van der Waals surface area contributed by atoms with Crippen LogP contribution in [0.1, 0.15) is 60.3 Å². The number of hydrogen-bond acceptors (Lipinski definition) is 3. The van der Waals surface area contributed by atoms with Gasteiger partial charge in [0.2, 0.25) is 0 Å². The summed E-state index contributed by atoms with van der Waals surface area (Å²) in [6, 6.07) is 2.07. The molecule has 2 atom stereocenters. The smallest absolute Gasteiger partial charge is 0.323 e. The molecule has 0 heterocycles. The third-order valence-electron chi connectivity index (χ3n) is 3.45. The van der Waals surface area contributed by atoms with E-state index in [1.54, 1.807) is 6.92 Å². The third-order valence-corrected chi connectivity index (χ3v) is 3.45. The van der Waals surface area contributed by atoms with Crippen LogP contribution in [0, 0.1) is 23.2 Å². The maximum Gasteiger partial charge on any atom is 0.323 e. The molecular weight excluding hydrogens is 262 g/mol. The Kier molecular flexibility index (Phi) is 10.3. The molecule has 2 unspecified atom stereocenters. The Bertz CT molecular complexity index is 411. The van der Waals surface area contributed by atoms with Crippen LogP contribution in [0.2, 0.25) is 0 Å². The van der Waals surface area contributed by atoms with Crippen molar-refractivity contribution in [1.29, 1.82) is 5.26 Å². The SMILES string of the molecule is CCOC(=O)C(C#N)C(C)CCC=C(C)CCC=C(C)C. The lowest BCUT2D eigenvalue weighted by molar-refractivity contribution is -0.147. The highest BCUT2D eigenvalue weighted by Crippen LogP contribution is 2.19. The molecular formula is C18H29NO2. The van der Waals surface area contributed by atoms with Gasteiger partial charge in [0.1, 0.15) is 5.92 Å². The highest BCUT2D eigenvalue weighted by Gasteiger charge is 2.25. The van der Waals surface area contributed by atoms with Crippen LogP contribution in [0.3, 0.4) is 0 Å². The molecule has 0 aromatic heterocycles. The second-order valence-electron chi connectivity index (χ2n) is 5.78. The van der Waals surface area contributed by atoms with Gasteiger partial charge in [0.15, 0.2) is 0 Å². The van der Waals surface area contributed by atoms with Gasteiger partial charge in [-0.1, -0.05) is 30.2 Å². The van der Waals surface area contributed by atoms with Gasteiger partial charge in [0.05, 0.1) is 12.7 Å². The van der Waals surface area contributed by atoms with Crippen LogP contribution in [0.4, 0.5) is 0 Å². The van der Waals surface area contributed by atoms with Crippen LogP contribution < -0.4 is 0 Å². The van der Waals surface area contributed by atoms with E-state index < -0.39 is 11.9 Å². The van der Waals surface area contributed by atoms with Gasteiger partial charge in [0.25, 0.3) is 0 Å². The Hall–Kier alpha value is -1.56. The first-order valence-corrected chi connectivity index (χ1v) is 7.77. The number of allylic oxidation sites excluding steroid dienone is 4. The van der Waals surface area contributed by atoms with E-state index in [0.29, 0.717) is 6.61 Å². The van der Waals surface area contributed by atoms with Gasteiger partial charge in [-0.25, -0.2) is 0 Å². The van der Waals surface area contributed by atoms with E-state index in [1.165, 1.54) is 11.1 Å². The number of nitriles is 1. The fourth-order valence-electron chi connectivity index (χ4n) is 2.09. The van der Waals surface area contributed by atoms with Crippen molar-refractivity contribution < 1.29 is 9.53 Å². The average Bonchev–Trinajstić information content (AvgIpc) is 2.39. The zero-order chi connectivity index (χ0) is 16.3. The largest absolute Gasteiger partial charge is 0.465 e. The molecule has 118 valence electrons. The van der Waals surface area contributed by atoms with E-state index in [4.69, 9.17) is 10.00 Å². The number of nitrogens with zero attached hydrogens (tertiary/aromatic N) is 1. The van der Waals surface area contributed by atoms with Crippen LogP contribution in [-0.2, 0) is 9.53 Å². The van der Waals surface area contributed by atoms with Gasteiger partial charge in [-0.15, -0.1) is 0 Å². The maximum absolute atomic E-state index is 11.7. The Labute approximate surface area is 129 Å². The number of rotatable bonds is 9. The van der Waals surface area contributed by atoms with E-state index in [9.17, 15) is 4.79 Å². The Morgan fingerprint density at radius 1 is 1.24 bits per heavy atom. The molecule has 0 bridgehead atoms. The summed E-state index contributed by atoms with van der Waals surface area (Å²) >= 11 is 0. The summed E-state index contributed by atoms with van der Waals surface area (Å²) in [4.78, 5) is 11.7. The summed E-state index contributed by atoms with van der Waals surface area (Å²) in [6.07, 6.45) is 8.33. The highest BCUT2D eigenvalue weighted by atomic mass is 16.5. The van der Waals surface area contributed by atoms with Gasteiger partial charge in [-0.2, -0.15) is 5.26 Å². The molecule has 0 aromatic rings. The van der Waals surface area contributed by atoms with Crippen molar-refractivity contribution in [3.8, 4) is 6.07 Å². The van der Waals surface area contributed by atoms with Crippen molar-refractivity contribution in [2.24, 2.45) is 11.8 Å². The first kappa shape index (κ1) is 19.4. The molecule has 0 fully saturated rings. The lowest BCUT2D eigenvalue weighted by Crippen LogP contribution is -2.22. The first-order valence-electron chi connectivity index (χ1n) is 7.77. The monoisotopic (exact) mass is 291 g/mol. The maximum atomic E-state index is 11.7. The molecule has 0 aliphatic carbocycles. The Balaban J connectivity index is 4.22. The lowest BCUT2D eigenvalue weighted by Gasteiger charge is -2.15. The fourth-order valence-corrected chi connectivity index (χ4v) is 2.09. The predicted molar refractivity (Wildman–Crippen MR) is 86.6 cm³/mol. The van der Waals surface area contributed by atoms with E-state index in [2.05, 4.69) is 39.0 Å². The molecule has 0 amide bonds. The molecule has 3 nitrogen and oxygen atoms in total. The van der Waals surface area contributed by atoms with Crippen LogP contribution >= 0.6 is 0 Å². The quantitative estimate of drug-likeness (QED) is 0.453. The van der Waals surface area contributed by atoms with Crippen LogP contribution in [0.15, 0.2) is 23.3 Å². The molecule has 0 N–H and O–H groups in total. The summed E-state index contributed by atoms with van der Waals surface area (Å²) in [6.45, 7) is 10.4. The van der Waals surface area contributed by atoms with Crippen molar-refractivity contribution >= 4 is 5.97 Å². The van der Waals surface area contributed by atoms with Crippen molar-refractivity contribution in [2.75, 3.05) is 6.61 Å². The van der Waals surface area contributed by atoms with Crippen molar-refractivity contribution in [1.82, 2.24) is 0 Å². The number of esters is 1. The molecule has 3 heteroatoms. The van der Waals surface area contributed by atoms with Crippen LogP contribution in [0.25, 0.3) is 0 Å². The molecule has 0 aliphatic rings. The molecule has 0 aromatic carbocycles. The minimum Gasteiger partial charge on any atom is -0.465 e. The average molecular weight is 291 g/mol. The molecule has 0 saturated carbocycles. The Morgan fingerprint density at radius 2 is 1.90 bits per heavy atom. The zero-order valence-electron chi connectivity index (χ0n) is 14.1. The number of hydrogen-bond donors (Lipinski definition) is 0. The number of ether oxygens (including phenoxy) is 1. The van der Waals surface area contributed by atoms with Crippen molar-refractivity contribution in [2.45, 2.75) is 60.3 Å². The van der Waals surface area contributed by atoms with Gasteiger partial charge >= 0.3 is 5.97 Å². The van der Waals surface area contributed by atoms with Crippen molar-refractivity contribution in [3.63, 3.8) is 0 Å². The van der Waals surface area contributed by atoms with Crippen LogP contribution in [0.5, 0.6) is 0 Å². The predicted octanol–water partition coefficient (Wildman–Crippen LogP) is 4.80. The summed E-state index contributed by atoms with van der Waals surface area (Å²) in [5, 5.41) is 9.10. The summed E-state index contributed by atoms with van der Waals surface area (Å²) in [5.74, 6) is -1.02.